The summed E-state index contributed by atoms with van der Waals surface area (Å²) in [6.45, 7) is 8.12. The van der Waals surface area contributed by atoms with Crippen molar-refractivity contribution in [3.63, 3.8) is 0 Å². The van der Waals surface area contributed by atoms with Crippen molar-refractivity contribution in [2.75, 3.05) is 6.54 Å². The number of carbonyl (C=O) groups excluding carboxylic acids is 3. The van der Waals surface area contributed by atoms with E-state index in [1.165, 1.54) is 4.90 Å². The van der Waals surface area contributed by atoms with Crippen LogP contribution in [0.25, 0.3) is 0 Å². The maximum atomic E-state index is 12.0. The lowest BCUT2D eigenvalue weighted by Crippen LogP contribution is -2.33. The summed E-state index contributed by atoms with van der Waals surface area (Å²) >= 11 is 0. The second kappa shape index (κ2) is 6.12. The average Bonchev–Trinajstić information content (AvgIpc) is 2.51. The Labute approximate surface area is 109 Å². The monoisotopic (exact) mass is 253 g/mol. The SMILES string of the molecule is CC(C)CC(=O)CCN1C(=O)CC(C(C)C)C1=O. The van der Waals surface area contributed by atoms with Crippen LogP contribution in [0.15, 0.2) is 0 Å². The molecule has 18 heavy (non-hydrogen) atoms. The highest BCUT2D eigenvalue weighted by Crippen LogP contribution is 2.26. The standard InChI is InChI=1S/C14H23NO3/c1-9(2)7-11(16)5-6-15-13(17)8-12(10(3)4)14(15)18/h9-10,12H,5-8H2,1-4H3. The molecule has 2 amide bonds. The van der Waals surface area contributed by atoms with Crippen molar-refractivity contribution in [3.8, 4) is 0 Å². The molecule has 0 radical (unpaired) electrons. The van der Waals surface area contributed by atoms with Crippen LogP contribution in [0.5, 0.6) is 0 Å². The van der Waals surface area contributed by atoms with Crippen molar-refractivity contribution >= 4 is 17.6 Å². The molecule has 0 aromatic carbocycles. The Hall–Kier alpha value is -1.19. The van der Waals surface area contributed by atoms with Crippen LogP contribution in [0.1, 0.15) is 47.0 Å². The highest BCUT2D eigenvalue weighted by atomic mass is 16.2. The molecule has 1 heterocycles. The second-order valence-electron chi connectivity index (χ2n) is 5.82. The topological polar surface area (TPSA) is 54.5 Å². The van der Waals surface area contributed by atoms with Gasteiger partial charge in [-0.2, -0.15) is 0 Å². The first-order chi connectivity index (χ1) is 8.32. The van der Waals surface area contributed by atoms with E-state index in [2.05, 4.69) is 0 Å². The first kappa shape index (κ1) is 14.9. The number of hydrogen-bond acceptors (Lipinski definition) is 3. The third kappa shape index (κ3) is 3.65. The number of hydrogen-bond donors (Lipinski definition) is 0. The van der Waals surface area contributed by atoms with E-state index >= 15 is 0 Å². The van der Waals surface area contributed by atoms with Gasteiger partial charge in [-0.3, -0.25) is 19.3 Å². The van der Waals surface area contributed by atoms with E-state index < -0.39 is 0 Å². The summed E-state index contributed by atoms with van der Waals surface area (Å²) in [5, 5.41) is 0. The van der Waals surface area contributed by atoms with Crippen LogP contribution in [0.4, 0.5) is 0 Å². The number of amides is 2. The minimum absolute atomic E-state index is 0.104. The summed E-state index contributed by atoms with van der Waals surface area (Å²) in [7, 11) is 0. The molecule has 1 rings (SSSR count). The van der Waals surface area contributed by atoms with Crippen molar-refractivity contribution in [2.24, 2.45) is 17.8 Å². The first-order valence-corrected chi connectivity index (χ1v) is 6.68. The molecule has 1 aliphatic heterocycles. The van der Waals surface area contributed by atoms with E-state index in [1.807, 2.05) is 27.7 Å². The molecule has 0 N–H and O–H groups in total. The van der Waals surface area contributed by atoms with Crippen molar-refractivity contribution in [1.82, 2.24) is 4.90 Å². The number of rotatable bonds is 6. The summed E-state index contributed by atoms with van der Waals surface area (Å²) in [4.78, 5) is 36.6. The maximum absolute atomic E-state index is 12.0. The van der Waals surface area contributed by atoms with Crippen molar-refractivity contribution in [1.29, 1.82) is 0 Å². The predicted octanol–water partition coefficient (Wildman–Crippen LogP) is 2.02. The maximum Gasteiger partial charge on any atom is 0.233 e. The zero-order chi connectivity index (χ0) is 13.9. The quantitative estimate of drug-likeness (QED) is 0.680. The predicted molar refractivity (Wildman–Crippen MR) is 68.7 cm³/mol. The lowest BCUT2D eigenvalue weighted by Gasteiger charge is -2.16. The molecule has 1 fully saturated rings. The van der Waals surface area contributed by atoms with Gasteiger partial charge in [-0.25, -0.2) is 0 Å². The van der Waals surface area contributed by atoms with Gasteiger partial charge in [0.05, 0.1) is 0 Å². The normalized spacial score (nSPS) is 20.3. The fourth-order valence-corrected chi connectivity index (χ4v) is 2.26. The number of ketones is 1. The van der Waals surface area contributed by atoms with Gasteiger partial charge in [-0.05, 0) is 11.8 Å². The van der Waals surface area contributed by atoms with Crippen LogP contribution in [-0.2, 0) is 14.4 Å². The smallest absolute Gasteiger partial charge is 0.233 e. The summed E-state index contributed by atoms with van der Waals surface area (Å²) < 4.78 is 0. The molecule has 1 unspecified atom stereocenters. The van der Waals surface area contributed by atoms with Gasteiger partial charge in [0, 0.05) is 31.7 Å². The largest absolute Gasteiger partial charge is 0.300 e. The highest BCUT2D eigenvalue weighted by Gasteiger charge is 2.39. The summed E-state index contributed by atoms with van der Waals surface area (Å²) in [6.07, 6.45) is 1.11. The van der Waals surface area contributed by atoms with Crippen molar-refractivity contribution < 1.29 is 14.4 Å². The average molecular weight is 253 g/mol. The minimum Gasteiger partial charge on any atom is -0.300 e. The highest BCUT2D eigenvalue weighted by molar-refractivity contribution is 6.03. The van der Waals surface area contributed by atoms with Crippen LogP contribution in [0, 0.1) is 17.8 Å². The van der Waals surface area contributed by atoms with E-state index in [9.17, 15) is 14.4 Å². The van der Waals surface area contributed by atoms with Gasteiger partial charge in [0.2, 0.25) is 11.8 Å². The number of carbonyl (C=O) groups is 3. The second-order valence-corrected chi connectivity index (χ2v) is 5.82. The molecule has 0 aromatic rings. The molecular formula is C14H23NO3. The van der Waals surface area contributed by atoms with Crippen LogP contribution >= 0.6 is 0 Å². The molecule has 1 saturated heterocycles. The molecular weight excluding hydrogens is 230 g/mol. The summed E-state index contributed by atoms with van der Waals surface area (Å²) in [5.74, 6) is 0.198. The Kier molecular flexibility index (Phi) is 5.05. The third-order valence-electron chi connectivity index (χ3n) is 3.33. The molecule has 0 aromatic heterocycles. The lowest BCUT2D eigenvalue weighted by molar-refractivity contribution is -0.140. The number of nitrogens with zero attached hydrogens (tertiary/aromatic N) is 1. The van der Waals surface area contributed by atoms with E-state index in [0.717, 1.165) is 0 Å². The Morgan fingerprint density at radius 3 is 2.33 bits per heavy atom. The summed E-state index contributed by atoms with van der Waals surface area (Å²) in [5.41, 5.74) is 0. The minimum atomic E-state index is -0.197. The van der Waals surface area contributed by atoms with E-state index in [1.54, 1.807) is 0 Å². The van der Waals surface area contributed by atoms with Crippen LogP contribution in [0.2, 0.25) is 0 Å². The Bertz CT molecular complexity index is 347. The Balaban J connectivity index is 2.50. The number of likely N-dealkylation sites (tertiary alicyclic amines) is 1. The van der Waals surface area contributed by atoms with Gasteiger partial charge in [0.25, 0.3) is 0 Å². The molecule has 4 nitrogen and oxygen atoms in total. The van der Waals surface area contributed by atoms with Gasteiger partial charge >= 0.3 is 0 Å². The van der Waals surface area contributed by atoms with Crippen LogP contribution in [-0.4, -0.2) is 29.0 Å². The van der Waals surface area contributed by atoms with Crippen LogP contribution < -0.4 is 0 Å². The number of Topliss-reactive ketones (excluding diaryl/α,β-unsaturated/α-hetero) is 1. The molecule has 0 aliphatic carbocycles. The fourth-order valence-electron chi connectivity index (χ4n) is 2.26. The molecule has 4 heteroatoms. The van der Waals surface area contributed by atoms with Gasteiger partial charge in [0.1, 0.15) is 5.78 Å². The Morgan fingerprint density at radius 2 is 1.89 bits per heavy atom. The molecule has 102 valence electrons. The number of imide groups is 1. The van der Waals surface area contributed by atoms with Crippen LogP contribution in [0.3, 0.4) is 0 Å². The third-order valence-corrected chi connectivity index (χ3v) is 3.33. The van der Waals surface area contributed by atoms with Gasteiger partial charge < -0.3 is 0 Å². The van der Waals surface area contributed by atoms with E-state index in [-0.39, 0.29) is 36.0 Å². The van der Waals surface area contributed by atoms with Crippen molar-refractivity contribution in [2.45, 2.75) is 47.0 Å². The van der Waals surface area contributed by atoms with E-state index in [0.29, 0.717) is 25.2 Å². The molecule has 0 spiro atoms. The fraction of sp³-hybridized carbons (Fsp3) is 0.786. The van der Waals surface area contributed by atoms with Crippen molar-refractivity contribution in [3.05, 3.63) is 0 Å². The van der Waals surface area contributed by atoms with E-state index in [4.69, 9.17) is 0 Å². The lowest BCUT2D eigenvalue weighted by atomic mass is 9.94. The Morgan fingerprint density at radius 1 is 1.28 bits per heavy atom. The van der Waals surface area contributed by atoms with Gasteiger partial charge in [-0.15, -0.1) is 0 Å². The molecule has 1 aliphatic rings. The molecule has 1 atom stereocenters. The zero-order valence-electron chi connectivity index (χ0n) is 11.7. The van der Waals surface area contributed by atoms with Gasteiger partial charge in [-0.1, -0.05) is 27.7 Å². The zero-order valence-corrected chi connectivity index (χ0v) is 11.7. The molecule has 0 saturated carbocycles. The molecule has 0 bridgehead atoms. The first-order valence-electron chi connectivity index (χ1n) is 6.68. The summed E-state index contributed by atoms with van der Waals surface area (Å²) in [6, 6.07) is 0. The van der Waals surface area contributed by atoms with Gasteiger partial charge in [0.15, 0.2) is 0 Å².